The Morgan fingerprint density at radius 3 is 2.13 bits per heavy atom. The fourth-order valence-corrected chi connectivity index (χ4v) is 10.3. The number of pyridine rings is 1. The molecule has 0 saturated heterocycles. The van der Waals surface area contributed by atoms with Gasteiger partial charge in [0.25, 0.3) is 5.91 Å². The molecule has 0 aliphatic heterocycles. The monoisotopic (exact) mass is 680 g/mol. The van der Waals surface area contributed by atoms with E-state index in [0.717, 1.165) is 56.7 Å². The highest BCUT2D eigenvalue weighted by atomic mass is 35.5. The van der Waals surface area contributed by atoms with Crippen molar-refractivity contribution < 1.29 is 19.1 Å². The van der Waals surface area contributed by atoms with Crippen LogP contribution in [0.1, 0.15) is 105 Å². The first-order valence-electron chi connectivity index (χ1n) is 16.7. The molecule has 1 heterocycles. The predicted molar refractivity (Wildman–Crippen MR) is 186 cm³/mol. The number of nitrogens with zero attached hydrogens (tertiary/aromatic N) is 3. The van der Waals surface area contributed by atoms with E-state index in [4.69, 9.17) is 38.4 Å². The van der Waals surface area contributed by atoms with Crippen LogP contribution in [0, 0.1) is 11.8 Å². The van der Waals surface area contributed by atoms with Crippen LogP contribution in [-0.4, -0.2) is 65.4 Å². The van der Waals surface area contributed by atoms with Crippen molar-refractivity contribution in [3.63, 3.8) is 0 Å². The van der Waals surface area contributed by atoms with E-state index in [1.54, 1.807) is 19.3 Å². The molecule has 0 bridgehead atoms. The number of Topliss-reactive ketones (excluding diaryl/α,β-unsaturated/α-hetero) is 1. The van der Waals surface area contributed by atoms with Crippen LogP contribution in [0.3, 0.4) is 0 Å². The number of hydrogen-bond donors (Lipinski definition) is 2. The Labute approximate surface area is 281 Å². The van der Waals surface area contributed by atoms with Gasteiger partial charge in [0.2, 0.25) is 0 Å². The number of amides is 1. The highest BCUT2D eigenvalue weighted by molar-refractivity contribution is 6.73. The molecule has 1 unspecified atom stereocenters. The number of aliphatic imine (C=N–C) groups is 1. The Kier molecular flexibility index (Phi) is 14.1. The van der Waals surface area contributed by atoms with Crippen molar-refractivity contribution in [2.45, 2.75) is 129 Å². The molecule has 2 aliphatic carbocycles. The van der Waals surface area contributed by atoms with E-state index in [0.29, 0.717) is 46.3 Å². The van der Waals surface area contributed by atoms with Crippen molar-refractivity contribution >= 4 is 48.9 Å². The van der Waals surface area contributed by atoms with Crippen LogP contribution in [0.5, 0.6) is 0 Å². The first kappa shape index (κ1) is 37.7. The zero-order valence-corrected chi connectivity index (χ0v) is 30.6. The molecule has 1 aromatic rings. The smallest absolute Gasteiger partial charge is 0.257 e. The third-order valence-electron chi connectivity index (χ3n) is 10.3. The van der Waals surface area contributed by atoms with Crippen molar-refractivity contribution in [1.29, 1.82) is 0 Å². The van der Waals surface area contributed by atoms with E-state index in [9.17, 15) is 14.7 Å². The van der Waals surface area contributed by atoms with Gasteiger partial charge >= 0.3 is 0 Å². The molecule has 2 aliphatic rings. The molecule has 0 spiro atoms. The molecule has 0 radical (unpaired) electrons. The first-order valence-corrected chi connectivity index (χ1v) is 20.0. The van der Waals surface area contributed by atoms with Gasteiger partial charge < -0.3 is 20.2 Å². The summed E-state index contributed by atoms with van der Waals surface area (Å²) in [6.07, 6.45) is 10.2. The minimum absolute atomic E-state index is 0.0492. The fourth-order valence-electron chi connectivity index (χ4n) is 6.92. The summed E-state index contributed by atoms with van der Waals surface area (Å²) in [4.78, 5) is 37.3. The standard InChI is InChI=1S/C34H54Cl2N4O4Si/c1-7-45(8-2,9-3)44-31(32-29(35)19-38-20-30(32)36)22-40(21-25-14-16-34(6,43)17-15-25)33(42)28(18-37)23(4)39-27-12-10-26(11-13-27)24(5)41/h18-20,25-27,31,43H,7-17,21-22,37H2,1-6H3. The van der Waals surface area contributed by atoms with Crippen LogP contribution in [0.15, 0.2) is 29.2 Å². The van der Waals surface area contributed by atoms with Crippen molar-refractivity contribution in [3.8, 4) is 0 Å². The number of hydrogen-bond acceptors (Lipinski definition) is 7. The largest absolute Gasteiger partial charge is 0.408 e. The molecular formula is C34H54Cl2N4O4Si. The summed E-state index contributed by atoms with van der Waals surface area (Å²) in [5.74, 6) is 0.338. The normalized spacial score (nSPS) is 25.6. The molecule has 1 amide bonds. The summed E-state index contributed by atoms with van der Waals surface area (Å²) in [7, 11) is -2.18. The molecule has 1 aromatic heterocycles. The Balaban J connectivity index is 1.98. The van der Waals surface area contributed by atoms with E-state index in [2.05, 4.69) is 25.8 Å². The molecule has 252 valence electrons. The lowest BCUT2D eigenvalue weighted by Gasteiger charge is -2.39. The average molecular weight is 682 g/mol. The third-order valence-corrected chi connectivity index (χ3v) is 15.6. The highest BCUT2D eigenvalue weighted by Crippen LogP contribution is 2.38. The van der Waals surface area contributed by atoms with Gasteiger partial charge in [0.15, 0.2) is 8.32 Å². The van der Waals surface area contributed by atoms with Gasteiger partial charge in [-0.05, 0) is 96.2 Å². The molecule has 2 saturated carbocycles. The number of nitrogens with two attached hydrogens (primary N) is 1. The number of rotatable bonds is 14. The molecule has 8 nitrogen and oxygen atoms in total. The zero-order valence-electron chi connectivity index (χ0n) is 28.1. The van der Waals surface area contributed by atoms with Gasteiger partial charge in [-0.3, -0.25) is 19.6 Å². The summed E-state index contributed by atoms with van der Waals surface area (Å²) >= 11 is 13.5. The number of aromatic nitrogens is 1. The van der Waals surface area contributed by atoms with Gasteiger partial charge in [-0.25, -0.2) is 0 Å². The zero-order chi connectivity index (χ0) is 33.4. The second-order valence-electron chi connectivity index (χ2n) is 13.4. The number of halogens is 2. The van der Waals surface area contributed by atoms with E-state index in [-0.39, 0.29) is 36.1 Å². The SMILES string of the molecule is CC[Si](CC)(CC)OC(CN(CC1CCC(C)(O)CC1)C(=O)C(=CN)C(C)=NC1CCC(C(C)=O)CC1)c1c(Cl)cncc1Cl. The minimum atomic E-state index is -2.18. The number of carbonyl (C=O) groups is 2. The van der Waals surface area contributed by atoms with E-state index in [1.165, 1.54) is 6.20 Å². The van der Waals surface area contributed by atoms with Gasteiger partial charge in [0.1, 0.15) is 5.78 Å². The molecule has 1 atom stereocenters. The van der Waals surface area contributed by atoms with E-state index < -0.39 is 20.0 Å². The lowest BCUT2D eigenvalue weighted by atomic mass is 9.79. The molecule has 0 aromatic carbocycles. The van der Waals surface area contributed by atoms with Gasteiger partial charge in [-0.2, -0.15) is 0 Å². The maximum absolute atomic E-state index is 14.5. The van der Waals surface area contributed by atoms with Gasteiger partial charge in [0.05, 0.1) is 39.9 Å². The number of carbonyl (C=O) groups excluding carboxylic acids is 2. The fraction of sp³-hybridized carbons (Fsp3) is 0.706. The Morgan fingerprint density at radius 1 is 1.09 bits per heavy atom. The van der Waals surface area contributed by atoms with Gasteiger partial charge in [-0.1, -0.05) is 44.0 Å². The Hall–Kier alpha value is -1.78. The quantitative estimate of drug-likeness (QED) is 0.118. The van der Waals surface area contributed by atoms with Crippen molar-refractivity contribution in [2.24, 2.45) is 22.6 Å². The van der Waals surface area contributed by atoms with Gasteiger partial charge in [0, 0.05) is 42.3 Å². The van der Waals surface area contributed by atoms with E-state index in [1.807, 2.05) is 18.7 Å². The van der Waals surface area contributed by atoms with Crippen molar-refractivity contribution in [2.75, 3.05) is 13.1 Å². The number of aliphatic hydroxyl groups is 1. The summed E-state index contributed by atoms with van der Waals surface area (Å²) in [6.45, 7) is 12.6. The van der Waals surface area contributed by atoms with Crippen LogP contribution in [0.25, 0.3) is 0 Å². The Bertz CT molecular complexity index is 1190. The van der Waals surface area contributed by atoms with Crippen LogP contribution < -0.4 is 5.73 Å². The molecule has 11 heteroatoms. The van der Waals surface area contributed by atoms with Crippen LogP contribution in [0.2, 0.25) is 28.2 Å². The molecule has 45 heavy (non-hydrogen) atoms. The van der Waals surface area contributed by atoms with E-state index >= 15 is 0 Å². The summed E-state index contributed by atoms with van der Waals surface area (Å²) in [6, 6.07) is 2.82. The predicted octanol–water partition coefficient (Wildman–Crippen LogP) is 7.67. The van der Waals surface area contributed by atoms with Crippen molar-refractivity contribution in [3.05, 3.63) is 39.8 Å². The second-order valence-corrected chi connectivity index (χ2v) is 19.0. The van der Waals surface area contributed by atoms with Crippen LogP contribution in [0.4, 0.5) is 0 Å². The molecular weight excluding hydrogens is 627 g/mol. The number of ketones is 1. The maximum Gasteiger partial charge on any atom is 0.257 e. The first-order chi connectivity index (χ1) is 21.3. The highest BCUT2D eigenvalue weighted by Gasteiger charge is 2.38. The Morgan fingerprint density at radius 2 is 1.64 bits per heavy atom. The van der Waals surface area contributed by atoms with Gasteiger partial charge in [-0.15, -0.1) is 0 Å². The molecule has 3 rings (SSSR count). The summed E-state index contributed by atoms with van der Waals surface area (Å²) in [5, 5.41) is 11.4. The molecule has 2 fully saturated rings. The van der Waals surface area contributed by atoms with Crippen LogP contribution >= 0.6 is 23.2 Å². The minimum Gasteiger partial charge on any atom is -0.408 e. The topological polar surface area (TPSA) is 118 Å². The van der Waals surface area contributed by atoms with Crippen molar-refractivity contribution in [1.82, 2.24) is 9.88 Å². The van der Waals surface area contributed by atoms with Crippen LogP contribution in [-0.2, 0) is 14.0 Å². The summed E-state index contributed by atoms with van der Waals surface area (Å²) in [5.41, 5.74) is 7.09. The molecule has 3 N–H and O–H groups in total. The maximum atomic E-state index is 14.5. The lowest BCUT2D eigenvalue weighted by Crippen LogP contribution is -2.45. The second kappa shape index (κ2) is 16.9. The lowest BCUT2D eigenvalue weighted by molar-refractivity contribution is -0.129. The summed E-state index contributed by atoms with van der Waals surface area (Å²) < 4.78 is 7.06. The average Bonchev–Trinajstić information content (AvgIpc) is 3.00. The third kappa shape index (κ3) is 10.1.